The van der Waals surface area contributed by atoms with Crippen LogP contribution < -0.4 is 0 Å². The number of aliphatic hydroxyl groups is 1. The van der Waals surface area contributed by atoms with Crippen molar-refractivity contribution in [3.63, 3.8) is 0 Å². The van der Waals surface area contributed by atoms with Crippen molar-refractivity contribution in [3.8, 4) is 0 Å². The second-order valence-corrected chi connectivity index (χ2v) is 6.31. The van der Waals surface area contributed by atoms with Crippen molar-refractivity contribution in [3.05, 3.63) is 0 Å². The van der Waals surface area contributed by atoms with Crippen LogP contribution in [0.15, 0.2) is 0 Å². The van der Waals surface area contributed by atoms with Crippen molar-refractivity contribution >= 4 is 6.09 Å². The molecule has 0 aromatic heterocycles. The molecule has 1 aliphatic heterocycles. The first-order chi connectivity index (χ1) is 8.83. The monoisotopic (exact) mass is 272 g/mol. The largest absolute Gasteiger partial charge is 0.444 e. The van der Waals surface area contributed by atoms with Gasteiger partial charge in [-0.2, -0.15) is 0 Å². The summed E-state index contributed by atoms with van der Waals surface area (Å²) in [6.07, 6.45) is 2.64. The Morgan fingerprint density at radius 2 is 2.16 bits per heavy atom. The fraction of sp³-hybridized carbons (Fsp3) is 0.929. The molecule has 1 fully saturated rings. The molecule has 19 heavy (non-hydrogen) atoms. The van der Waals surface area contributed by atoms with Crippen LogP contribution in [0.4, 0.5) is 4.79 Å². The van der Waals surface area contributed by atoms with E-state index in [9.17, 15) is 4.79 Å². The molecule has 1 rings (SSSR count). The maximum absolute atomic E-state index is 12.1. The van der Waals surface area contributed by atoms with Crippen molar-refractivity contribution in [2.45, 2.75) is 51.7 Å². The van der Waals surface area contributed by atoms with Crippen LogP contribution in [0.2, 0.25) is 0 Å². The van der Waals surface area contributed by atoms with Gasteiger partial charge in [0.25, 0.3) is 0 Å². The van der Waals surface area contributed by atoms with Crippen LogP contribution in [0.25, 0.3) is 0 Å². The van der Waals surface area contributed by atoms with E-state index < -0.39 is 5.60 Å². The summed E-state index contributed by atoms with van der Waals surface area (Å²) >= 11 is 0. The highest BCUT2D eigenvalue weighted by molar-refractivity contribution is 5.69. The van der Waals surface area contributed by atoms with E-state index in [2.05, 4.69) is 4.90 Å². The predicted octanol–water partition coefficient (Wildman–Crippen LogP) is 1.70. The van der Waals surface area contributed by atoms with Gasteiger partial charge in [-0.3, -0.25) is 0 Å². The smallest absolute Gasteiger partial charge is 0.410 e. The van der Waals surface area contributed by atoms with Gasteiger partial charge < -0.3 is 19.6 Å². The van der Waals surface area contributed by atoms with Gasteiger partial charge in [0.1, 0.15) is 5.60 Å². The lowest BCUT2D eigenvalue weighted by atomic mass is 10.2. The highest BCUT2D eigenvalue weighted by atomic mass is 16.6. The second-order valence-electron chi connectivity index (χ2n) is 6.31. The summed E-state index contributed by atoms with van der Waals surface area (Å²) in [5.41, 5.74) is -0.437. The molecule has 1 heterocycles. The Morgan fingerprint density at radius 1 is 1.47 bits per heavy atom. The number of rotatable bonds is 5. The standard InChI is InChI=1S/C14H28N2O3/c1-14(2,3)19-13(18)16-9-5-7-12(16)11-15(4)8-6-10-17/h12,17H,5-11H2,1-4H3/t12-/m1/s1. The summed E-state index contributed by atoms with van der Waals surface area (Å²) in [6.45, 7) is 8.38. The average Bonchev–Trinajstić information content (AvgIpc) is 2.72. The summed E-state index contributed by atoms with van der Waals surface area (Å²) in [5, 5.41) is 8.83. The number of carbonyl (C=O) groups excluding carboxylic acids is 1. The Hall–Kier alpha value is -0.810. The first-order valence-corrected chi connectivity index (χ1v) is 7.12. The van der Waals surface area contributed by atoms with Crippen LogP contribution in [0.5, 0.6) is 0 Å². The van der Waals surface area contributed by atoms with Gasteiger partial charge in [-0.25, -0.2) is 4.79 Å². The highest BCUT2D eigenvalue weighted by Crippen LogP contribution is 2.21. The number of likely N-dealkylation sites (N-methyl/N-ethyl adjacent to an activating group) is 1. The Balaban J connectivity index is 2.47. The Bertz CT molecular complexity index is 289. The Labute approximate surface area is 116 Å². The van der Waals surface area contributed by atoms with Crippen LogP contribution in [-0.4, -0.2) is 65.9 Å². The molecule has 0 spiro atoms. The summed E-state index contributed by atoms with van der Waals surface area (Å²) in [5.74, 6) is 0. The third-order valence-electron chi connectivity index (χ3n) is 3.23. The molecule has 0 unspecified atom stereocenters. The highest BCUT2D eigenvalue weighted by Gasteiger charge is 2.32. The molecule has 0 saturated carbocycles. The Morgan fingerprint density at radius 3 is 2.74 bits per heavy atom. The number of ether oxygens (including phenoxy) is 1. The average molecular weight is 272 g/mol. The molecule has 0 radical (unpaired) electrons. The van der Waals surface area contributed by atoms with Crippen molar-refractivity contribution in [1.29, 1.82) is 0 Å². The van der Waals surface area contributed by atoms with E-state index in [0.717, 1.165) is 38.9 Å². The van der Waals surface area contributed by atoms with Crippen LogP contribution in [0.1, 0.15) is 40.0 Å². The molecular formula is C14H28N2O3. The minimum Gasteiger partial charge on any atom is -0.444 e. The molecule has 1 N–H and O–H groups in total. The minimum atomic E-state index is -0.437. The van der Waals surface area contributed by atoms with E-state index in [4.69, 9.17) is 9.84 Å². The fourth-order valence-corrected chi connectivity index (χ4v) is 2.38. The molecule has 1 aliphatic rings. The molecular weight excluding hydrogens is 244 g/mol. The number of likely N-dealkylation sites (tertiary alicyclic amines) is 1. The second kappa shape index (κ2) is 7.10. The minimum absolute atomic E-state index is 0.203. The SMILES string of the molecule is CN(CCCO)C[C@H]1CCCN1C(=O)OC(C)(C)C. The maximum Gasteiger partial charge on any atom is 0.410 e. The zero-order chi connectivity index (χ0) is 14.5. The number of nitrogens with zero attached hydrogens (tertiary/aromatic N) is 2. The van der Waals surface area contributed by atoms with Crippen molar-refractivity contribution < 1.29 is 14.6 Å². The topological polar surface area (TPSA) is 53.0 Å². The zero-order valence-electron chi connectivity index (χ0n) is 12.7. The van der Waals surface area contributed by atoms with Gasteiger partial charge in [0, 0.05) is 32.3 Å². The summed E-state index contributed by atoms with van der Waals surface area (Å²) in [7, 11) is 2.03. The van der Waals surface area contributed by atoms with E-state index >= 15 is 0 Å². The molecule has 112 valence electrons. The van der Waals surface area contributed by atoms with Crippen molar-refractivity contribution in [1.82, 2.24) is 9.80 Å². The van der Waals surface area contributed by atoms with Gasteiger partial charge in [0.05, 0.1) is 0 Å². The van der Waals surface area contributed by atoms with Crippen LogP contribution in [-0.2, 0) is 4.74 Å². The predicted molar refractivity (Wildman–Crippen MR) is 75.2 cm³/mol. The lowest BCUT2D eigenvalue weighted by Crippen LogP contribution is -2.44. The van der Waals surface area contributed by atoms with E-state index in [0.29, 0.717) is 0 Å². The molecule has 1 saturated heterocycles. The molecule has 1 atom stereocenters. The molecule has 0 aromatic carbocycles. The van der Waals surface area contributed by atoms with Crippen LogP contribution in [0, 0.1) is 0 Å². The molecule has 5 nitrogen and oxygen atoms in total. The summed E-state index contributed by atoms with van der Waals surface area (Å²) in [4.78, 5) is 16.1. The van der Waals surface area contributed by atoms with Crippen molar-refractivity contribution in [2.24, 2.45) is 0 Å². The van der Waals surface area contributed by atoms with Gasteiger partial charge in [0.15, 0.2) is 0 Å². The van der Waals surface area contributed by atoms with Gasteiger partial charge in [-0.15, -0.1) is 0 Å². The fourth-order valence-electron chi connectivity index (χ4n) is 2.38. The normalized spacial score (nSPS) is 20.1. The lowest BCUT2D eigenvalue weighted by Gasteiger charge is -2.30. The van der Waals surface area contributed by atoms with E-state index in [1.54, 1.807) is 0 Å². The van der Waals surface area contributed by atoms with E-state index in [1.165, 1.54) is 0 Å². The summed E-state index contributed by atoms with van der Waals surface area (Å²) < 4.78 is 5.44. The van der Waals surface area contributed by atoms with E-state index in [-0.39, 0.29) is 18.7 Å². The molecule has 1 amide bonds. The molecule has 0 aromatic rings. The number of hydrogen-bond acceptors (Lipinski definition) is 4. The van der Waals surface area contributed by atoms with Gasteiger partial charge in [0.2, 0.25) is 0 Å². The maximum atomic E-state index is 12.1. The first-order valence-electron chi connectivity index (χ1n) is 7.12. The van der Waals surface area contributed by atoms with Crippen LogP contribution >= 0.6 is 0 Å². The van der Waals surface area contributed by atoms with Crippen molar-refractivity contribution in [2.75, 3.05) is 33.3 Å². The van der Waals surface area contributed by atoms with Gasteiger partial charge >= 0.3 is 6.09 Å². The zero-order valence-corrected chi connectivity index (χ0v) is 12.7. The first kappa shape index (κ1) is 16.2. The Kier molecular flexibility index (Phi) is 6.07. The number of carbonyl (C=O) groups is 1. The molecule has 0 aliphatic carbocycles. The van der Waals surface area contributed by atoms with E-state index in [1.807, 2.05) is 32.7 Å². The van der Waals surface area contributed by atoms with Crippen LogP contribution in [0.3, 0.4) is 0 Å². The van der Waals surface area contributed by atoms with Gasteiger partial charge in [-0.1, -0.05) is 0 Å². The third-order valence-corrected chi connectivity index (χ3v) is 3.23. The molecule has 0 bridgehead atoms. The quantitative estimate of drug-likeness (QED) is 0.827. The number of hydrogen-bond donors (Lipinski definition) is 1. The summed E-state index contributed by atoms with van der Waals surface area (Å²) in [6, 6.07) is 0.235. The molecule has 5 heteroatoms. The third kappa shape index (κ3) is 5.78. The van der Waals surface area contributed by atoms with Gasteiger partial charge in [-0.05, 0) is 47.1 Å². The number of amides is 1. The lowest BCUT2D eigenvalue weighted by molar-refractivity contribution is 0.0202. The number of aliphatic hydroxyl groups excluding tert-OH is 1.